The number of nitrogens with one attached hydrogen (secondary N) is 1. The van der Waals surface area contributed by atoms with Crippen LogP contribution in [0.5, 0.6) is 11.5 Å². The Morgan fingerprint density at radius 1 is 1.12 bits per heavy atom. The van der Waals surface area contributed by atoms with Crippen LogP contribution in [0.4, 0.5) is 13.2 Å². The molecule has 4 aromatic rings. The van der Waals surface area contributed by atoms with Crippen molar-refractivity contribution in [3.05, 3.63) is 63.1 Å². The Morgan fingerprint density at radius 2 is 1.88 bits per heavy atom. The lowest BCUT2D eigenvalue weighted by Crippen LogP contribution is -2.29. The second-order valence-electron chi connectivity index (χ2n) is 9.41. The lowest BCUT2D eigenvalue weighted by Gasteiger charge is -2.26. The van der Waals surface area contributed by atoms with Gasteiger partial charge in [-0.15, -0.1) is 11.3 Å². The molecule has 40 heavy (non-hydrogen) atoms. The molecule has 0 amide bonds. The zero-order chi connectivity index (χ0) is 28.3. The first kappa shape index (κ1) is 28.0. The number of piperidine rings is 1. The predicted molar refractivity (Wildman–Crippen MR) is 146 cm³/mol. The number of nitrogens with zero attached hydrogens (tertiary/aromatic N) is 3. The first-order valence-corrected chi connectivity index (χ1v) is 13.7. The first-order valence-electron chi connectivity index (χ1n) is 12.8. The number of aromatic nitrogens is 3. The number of methoxy groups -OCH3 is 1. The minimum Gasteiger partial charge on any atom is -0.496 e. The van der Waals surface area contributed by atoms with Crippen molar-refractivity contribution in [3.8, 4) is 33.5 Å². The van der Waals surface area contributed by atoms with Crippen LogP contribution in [0.2, 0.25) is 6.82 Å². The molecule has 2 aromatic carbocycles. The van der Waals surface area contributed by atoms with Crippen LogP contribution in [0.15, 0.2) is 45.7 Å². The second kappa shape index (κ2) is 11.9. The first-order chi connectivity index (χ1) is 19.2. The maximum absolute atomic E-state index is 13.1. The third-order valence-corrected chi connectivity index (χ3v) is 7.88. The Balaban J connectivity index is 1.44. The molecule has 8 nitrogen and oxygen atoms in total. The number of thiazole rings is 1. The van der Waals surface area contributed by atoms with Gasteiger partial charge in [0, 0.05) is 18.2 Å². The number of H-pyrrole nitrogens is 1. The van der Waals surface area contributed by atoms with Gasteiger partial charge in [0.2, 0.25) is 0 Å². The summed E-state index contributed by atoms with van der Waals surface area (Å²) in [7, 11) is 3.37. The highest BCUT2D eigenvalue weighted by Crippen LogP contribution is 2.35. The summed E-state index contributed by atoms with van der Waals surface area (Å²) in [4.78, 5) is 22.1. The van der Waals surface area contributed by atoms with Crippen molar-refractivity contribution in [1.82, 2.24) is 20.0 Å². The molecule has 3 heterocycles. The van der Waals surface area contributed by atoms with Gasteiger partial charge in [0.05, 0.1) is 28.8 Å². The highest BCUT2D eigenvalue weighted by molar-refractivity contribution is 7.15. The standard InChI is InChI=1S/C27H27BF3N4O4S/c1-28-19-12-18(24-33-26(36)39-34-24)21(37-2)13-22(19)38-15-23-20(14-35-10-4-3-5-11-35)32-25(40-23)16-6-8-17(9-7-16)27(29,30)31/h6-9,12-13H,3-5,10-11,14-15H2,1-2H3,(H,33,34,36). The van der Waals surface area contributed by atoms with Crippen LogP contribution < -0.4 is 20.7 Å². The molecule has 5 rings (SSSR count). The maximum atomic E-state index is 13.1. The smallest absolute Gasteiger partial charge is 0.439 e. The highest BCUT2D eigenvalue weighted by Gasteiger charge is 2.30. The number of ether oxygens (including phenoxy) is 2. The van der Waals surface area contributed by atoms with E-state index in [1.807, 2.05) is 14.1 Å². The Kier molecular flexibility index (Phi) is 8.31. The summed E-state index contributed by atoms with van der Waals surface area (Å²) < 4.78 is 55.7. The summed E-state index contributed by atoms with van der Waals surface area (Å²) in [5.74, 6) is 0.564. The van der Waals surface area contributed by atoms with Gasteiger partial charge in [0.25, 0.3) is 0 Å². The third kappa shape index (κ3) is 6.25. The fourth-order valence-corrected chi connectivity index (χ4v) is 5.63. The summed E-state index contributed by atoms with van der Waals surface area (Å²) in [6, 6.07) is 8.58. The average Bonchev–Trinajstić information content (AvgIpc) is 3.57. The van der Waals surface area contributed by atoms with Gasteiger partial charge in [-0.2, -0.15) is 13.2 Å². The van der Waals surface area contributed by atoms with Gasteiger partial charge in [-0.25, -0.2) is 9.78 Å². The molecular weight excluding hydrogens is 544 g/mol. The van der Waals surface area contributed by atoms with E-state index < -0.39 is 17.5 Å². The minimum absolute atomic E-state index is 0.214. The Labute approximate surface area is 233 Å². The van der Waals surface area contributed by atoms with Gasteiger partial charge >= 0.3 is 11.9 Å². The molecule has 0 spiro atoms. The van der Waals surface area contributed by atoms with E-state index in [9.17, 15) is 18.0 Å². The van der Waals surface area contributed by atoms with E-state index in [0.717, 1.165) is 54.1 Å². The van der Waals surface area contributed by atoms with E-state index in [4.69, 9.17) is 14.5 Å². The van der Waals surface area contributed by atoms with Crippen molar-refractivity contribution in [2.75, 3.05) is 20.2 Å². The van der Waals surface area contributed by atoms with Crippen molar-refractivity contribution in [2.24, 2.45) is 0 Å². The molecule has 1 radical (unpaired) electrons. The number of hydrogen-bond donors (Lipinski definition) is 1. The van der Waals surface area contributed by atoms with Gasteiger partial charge in [0.15, 0.2) is 13.1 Å². The SMILES string of the molecule is C[B]c1cc(-c2noc(=O)[nH]2)c(OC)cc1OCc1sc(-c2ccc(C(F)(F)F)cc2)nc1CN1CCCCC1. The molecular formula is C27H27BF3N4O4S. The van der Waals surface area contributed by atoms with E-state index in [2.05, 4.69) is 19.6 Å². The van der Waals surface area contributed by atoms with Crippen LogP contribution in [0.1, 0.15) is 35.4 Å². The molecule has 0 unspecified atom stereocenters. The Bertz CT molecular complexity index is 1510. The van der Waals surface area contributed by atoms with Crippen molar-refractivity contribution in [3.63, 3.8) is 0 Å². The summed E-state index contributed by atoms with van der Waals surface area (Å²) in [5.41, 5.74) is 2.08. The quantitative estimate of drug-likeness (QED) is 0.279. The Morgan fingerprint density at radius 3 is 2.50 bits per heavy atom. The fourth-order valence-electron chi connectivity index (χ4n) is 4.65. The summed E-state index contributed by atoms with van der Waals surface area (Å²) >= 11 is 1.41. The monoisotopic (exact) mass is 571 g/mol. The number of likely N-dealkylation sites (tertiary alicyclic amines) is 1. The van der Waals surface area contributed by atoms with E-state index >= 15 is 0 Å². The van der Waals surface area contributed by atoms with Crippen LogP contribution in [-0.4, -0.2) is 47.5 Å². The molecule has 1 aliphatic rings. The average molecular weight is 571 g/mol. The van der Waals surface area contributed by atoms with Crippen LogP contribution >= 0.6 is 11.3 Å². The molecule has 2 aromatic heterocycles. The number of halogens is 3. The van der Waals surface area contributed by atoms with Gasteiger partial charge in [-0.05, 0) is 43.5 Å². The van der Waals surface area contributed by atoms with E-state index in [-0.39, 0.29) is 12.4 Å². The largest absolute Gasteiger partial charge is 0.496 e. The molecule has 0 atom stereocenters. The number of benzene rings is 2. The molecule has 0 saturated carbocycles. The maximum Gasteiger partial charge on any atom is 0.439 e. The molecule has 0 bridgehead atoms. The molecule has 1 N–H and O–H groups in total. The number of rotatable bonds is 9. The van der Waals surface area contributed by atoms with Crippen molar-refractivity contribution >= 4 is 24.1 Å². The van der Waals surface area contributed by atoms with Crippen LogP contribution in [0.25, 0.3) is 22.0 Å². The summed E-state index contributed by atoms with van der Waals surface area (Å²) in [6.07, 6.45) is -0.940. The van der Waals surface area contributed by atoms with Gasteiger partial charge in [-0.3, -0.25) is 14.4 Å². The molecule has 13 heteroatoms. The molecule has 1 saturated heterocycles. The second-order valence-corrected chi connectivity index (χ2v) is 10.5. The summed E-state index contributed by atoms with van der Waals surface area (Å²) in [5, 5.41) is 4.40. The lowest BCUT2D eigenvalue weighted by molar-refractivity contribution is -0.137. The van der Waals surface area contributed by atoms with E-state index in [1.54, 1.807) is 12.1 Å². The topological polar surface area (TPSA) is 93.5 Å². The van der Waals surface area contributed by atoms with Crippen molar-refractivity contribution in [2.45, 2.75) is 45.4 Å². The lowest BCUT2D eigenvalue weighted by atomic mass is 9.72. The number of alkyl halides is 3. The zero-order valence-corrected chi connectivity index (χ0v) is 22.8. The summed E-state index contributed by atoms with van der Waals surface area (Å²) in [6.45, 7) is 4.67. The van der Waals surface area contributed by atoms with Crippen molar-refractivity contribution < 1.29 is 27.2 Å². The van der Waals surface area contributed by atoms with Crippen LogP contribution in [-0.2, 0) is 19.3 Å². The minimum atomic E-state index is -4.40. The highest BCUT2D eigenvalue weighted by atomic mass is 32.1. The molecule has 1 aliphatic heterocycles. The van der Waals surface area contributed by atoms with Gasteiger partial charge < -0.3 is 9.47 Å². The Hall–Kier alpha value is -3.58. The third-order valence-electron chi connectivity index (χ3n) is 6.76. The van der Waals surface area contributed by atoms with Gasteiger partial charge in [-0.1, -0.05) is 36.6 Å². The molecule has 209 valence electrons. The molecule has 1 fully saturated rings. The van der Waals surface area contributed by atoms with Crippen LogP contribution in [0, 0.1) is 0 Å². The number of aromatic amines is 1. The predicted octanol–water partition coefficient (Wildman–Crippen LogP) is 5.12. The number of hydrogen-bond acceptors (Lipinski definition) is 8. The van der Waals surface area contributed by atoms with E-state index in [0.29, 0.717) is 34.2 Å². The van der Waals surface area contributed by atoms with Crippen molar-refractivity contribution in [1.29, 1.82) is 0 Å². The van der Waals surface area contributed by atoms with E-state index in [1.165, 1.54) is 37.0 Å². The fraction of sp³-hybridized carbons (Fsp3) is 0.370. The molecule has 0 aliphatic carbocycles. The van der Waals surface area contributed by atoms with Crippen LogP contribution in [0.3, 0.4) is 0 Å². The normalized spacial score (nSPS) is 14.3. The van der Waals surface area contributed by atoms with Gasteiger partial charge in [0.1, 0.15) is 23.1 Å². The zero-order valence-electron chi connectivity index (χ0n) is 22.0.